The van der Waals surface area contributed by atoms with Gasteiger partial charge in [0.15, 0.2) is 0 Å². The first kappa shape index (κ1) is 10.1. The van der Waals surface area contributed by atoms with E-state index >= 15 is 0 Å². The summed E-state index contributed by atoms with van der Waals surface area (Å²) in [4.78, 5) is 15.4. The van der Waals surface area contributed by atoms with Crippen LogP contribution in [0.3, 0.4) is 0 Å². The molecule has 0 unspecified atom stereocenters. The quantitative estimate of drug-likeness (QED) is 0.690. The van der Waals surface area contributed by atoms with Gasteiger partial charge in [-0.3, -0.25) is 4.79 Å². The number of pyridine rings is 1. The van der Waals surface area contributed by atoms with Gasteiger partial charge in [-0.05, 0) is 23.6 Å². The minimum Gasteiger partial charge on any atom is -0.507 e. The largest absolute Gasteiger partial charge is 0.507 e. The Hall–Kier alpha value is -2.07. The second-order valence-electron chi connectivity index (χ2n) is 3.71. The summed E-state index contributed by atoms with van der Waals surface area (Å²) in [7, 11) is 0. The van der Waals surface area contributed by atoms with Crippen molar-refractivity contribution in [3.8, 4) is 16.2 Å². The number of phenolic OH excluding ortho intramolecular Hbond substituents is 1. The molecule has 0 fully saturated rings. The number of rotatable bonds is 1. The van der Waals surface area contributed by atoms with Gasteiger partial charge in [0.05, 0.1) is 5.39 Å². The third kappa shape index (κ3) is 1.54. The zero-order chi connectivity index (χ0) is 11.8. The van der Waals surface area contributed by atoms with Gasteiger partial charge >= 0.3 is 0 Å². The van der Waals surface area contributed by atoms with Gasteiger partial charge in [-0.1, -0.05) is 12.1 Å². The second kappa shape index (κ2) is 3.75. The van der Waals surface area contributed by atoms with Crippen molar-refractivity contribution in [3.63, 3.8) is 0 Å². The van der Waals surface area contributed by atoms with Gasteiger partial charge in [-0.15, -0.1) is 11.3 Å². The highest BCUT2D eigenvalue weighted by Crippen LogP contribution is 2.34. The van der Waals surface area contributed by atoms with Crippen LogP contribution in [0.1, 0.15) is 0 Å². The molecule has 2 aromatic heterocycles. The smallest absolute Gasteiger partial charge is 0.255 e. The first-order chi connectivity index (χ1) is 8.27. The SMILES string of the molecule is O=c1[nH]cc(-c2cccs2)c2c(O)cccc12. The van der Waals surface area contributed by atoms with Crippen LogP contribution >= 0.6 is 11.3 Å². The van der Waals surface area contributed by atoms with Crippen molar-refractivity contribution in [2.75, 3.05) is 0 Å². The molecule has 17 heavy (non-hydrogen) atoms. The van der Waals surface area contributed by atoms with E-state index in [-0.39, 0.29) is 11.3 Å². The molecule has 3 rings (SSSR count). The van der Waals surface area contributed by atoms with E-state index in [0.717, 1.165) is 10.4 Å². The minimum atomic E-state index is -0.184. The molecule has 84 valence electrons. The summed E-state index contributed by atoms with van der Waals surface area (Å²) < 4.78 is 0. The summed E-state index contributed by atoms with van der Waals surface area (Å²) in [5.74, 6) is 0.136. The van der Waals surface area contributed by atoms with Gasteiger partial charge in [0, 0.05) is 22.0 Å². The van der Waals surface area contributed by atoms with E-state index in [4.69, 9.17) is 0 Å². The molecule has 0 radical (unpaired) electrons. The molecule has 0 aliphatic heterocycles. The fraction of sp³-hybridized carbons (Fsp3) is 0. The normalized spacial score (nSPS) is 10.8. The van der Waals surface area contributed by atoms with Gasteiger partial charge < -0.3 is 10.1 Å². The summed E-state index contributed by atoms with van der Waals surface area (Å²) in [5, 5.41) is 13.0. The van der Waals surface area contributed by atoms with Crippen molar-refractivity contribution in [1.82, 2.24) is 4.98 Å². The summed E-state index contributed by atoms with van der Waals surface area (Å²) in [6.07, 6.45) is 1.65. The number of phenols is 1. The Morgan fingerprint density at radius 2 is 2.06 bits per heavy atom. The standard InChI is InChI=1S/C13H9NO2S/c15-10-4-1-3-8-12(10)9(7-14-13(8)16)11-5-2-6-17-11/h1-7,15H,(H,14,16). The molecular formula is C13H9NO2S. The maximum atomic E-state index is 11.7. The summed E-state index contributed by atoms with van der Waals surface area (Å²) >= 11 is 1.57. The molecule has 0 bridgehead atoms. The second-order valence-corrected chi connectivity index (χ2v) is 4.66. The van der Waals surface area contributed by atoms with Crippen LogP contribution in [0, 0.1) is 0 Å². The lowest BCUT2D eigenvalue weighted by Gasteiger charge is -2.05. The average Bonchev–Trinajstić information content (AvgIpc) is 2.84. The third-order valence-corrected chi connectivity index (χ3v) is 3.59. The van der Waals surface area contributed by atoms with Crippen LogP contribution in [0.2, 0.25) is 0 Å². The van der Waals surface area contributed by atoms with Crippen molar-refractivity contribution in [1.29, 1.82) is 0 Å². The summed E-state index contributed by atoms with van der Waals surface area (Å²) in [5.41, 5.74) is 0.670. The molecule has 2 heterocycles. The van der Waals surface area contributed by atoms with E-state index in [1.807, 2.05) is 17.5 Å². The number of hydrogen-bond acceptors (Lipinski definition) is 3. The number of thiophene rings is 1. The zero-order valence-electron chi connectivity index (χ0n) is 8.81. The number of aromatic hydroxyl groups is 1. The number of fused-ring (bicyclic) bond motifs is 1. The van der Waals surface area contributed by atoms with Crippen LogP contribution in [0.25, 0.3) is 21.2 Å². The van der Waals surface area contributed by atoms with Crippen LogP contribution in [0.5, 0.6) is 5.75 Å². The van der Waals surface area contributed by atoms with Gasteiger partial charge in [0.25, 0.3) is 5.56 Å². The number of hydrogen-bond donors (Lipinski definition) is 2. The highest BCUT2D eigenvalue weighted by Gasteiger charge is 2.10. The molecule has 0 spiro atoms. The molecule has 0 aliphatic rings. The van der Waals surface area contributed by atoms with Crippen molar-refractivity contribution in [3.05, 3.63) is 52.3 Å². The minimum absolute atomic E-state index is 0.136. The Morgan fingerprint density at radius 3 is 2.82 bits per heavy atom. The van der Waals surface area contributed by atoms with Gasteiger partial charge in [-0.25, -0.2) is 0 Å². The van der Waals surface area contributed by atoms with Crippen LogP contribution in [0.4, 0.5) is 0 Å². The van der Waals surface area contributed by atoms with Crippen LogP contribution in [-0.2, 0) is 0 Å². The number of nitrogens with one attached hydrogen (secondary N) is 1. The van der Waals surface area contributed by atoms with E-state index in [0.29, 0.717) is 10.8 Å². The van der Waals surface area contributed by atoms with E-state index in [9.17, 15) is 9.90 Å². The van der Waals surface area contributed by atoms with E-state index in [2.05, 4.69) is 4.98 Å². The highest BCUT2D eigenvalue weighted by molar-refractivity contribution is 7.13. The predicted octanol–water partition coefficient (Wildman–Crippen LogP) is 2.96. The Balaban J connectivity index is 2.49. The van der Waals surface area contributed by atoms with Crippen LogP contribution in [0.15, 0.2) is 46.7 Å². The third-order valence-electron chi connectivity index (χ3n) is 2.69. The maximum absolute atomic E-state index is 11.7. The van der Waals surface area contributed by atoms with Crippen molar-refractivity contribution >= 4 is 22.1 Å². The van der Waals surface area contributed by atoms with Crippen LogP contribution < -0.4 is 5.56 Å². The monoisotopic (exact) mass is 243 g/mol. The Kier molecular flexibility index (Phi) is 2.23. The number of benzene rings is 1. The Bertz CT molecular complexity index is 729. The van der Waals surface area contributed by atoms with Crippen molar-refractivity contribution in [2.24, 2.45) is 0 Å². The Morgan fingerprint density at radius 1 is 1.18 bits per heavy atom. The van der Waals surface area contributed by atoms with Gasteiger partial charge in [0.2, 0.25) is 0 Å². The van der Waals surface area contributed by atoms with Crippen molar-refractivity contribution in [2.45, 2.75) is 0 Å². The average molecular weight is 243 g/mol. The summed E-state index contributed by atoms with van der Waals surface area (Å²) in [6, 6.07) is 8.89. The molecule has 2 N–H and O–H groups in total. The molecule has 0 saturated carbocycles. The number of aromatic amines is 1. The van der Waals surface area contributed by atoms with E-state index in [1.54, 1.807) is 35.7 Å². The first-order valence-electron chi connectivity index (χ1n) is 5.14. The summed E-state index contributed by atoms with van der Waals surface area (Å²) in [6.45, 7) is 0. The van der Waals surface area contributed by atoms with Gasteiger partial charge in [-0.2, -0.15) is 0 Å². The molecule has 4 heteroatoms. The number of H-pyrrole nitrogens is 1. The molecule has 0 amide bonds. The molecular weight excluding hydrogens is 234 g/mol. The fourth-order valence-electron chi connectivity index (χ4n) is 1.93. The van der Waals surface area contributed by atoms with Crippen molar-refractivity contribution < 1.29 is 5.11 Å². The molecule has 0 aliphatic carbocycles. The first-order valence-corrected chi connectivity index (χ1v) is 6.02. The van der Waals surface area contributed by atoms with E-state index < -0.39 is 0 Å². The lowest BCUT2D eigenvalue weighted by atomic mass is 10.1. The highest BCUT2D eigenvalue weighted by atomic mass is 32.1. The zero-order valence-corrected chi connectivity index (χ0v) is 9.62. The molecule has 0 saturated heterocycles. The van der Waals surface area contributed by atoms with Crippen LogP contribution in [-0.4, -0.2) is 10.1 Å². The predicted molar refractivity (Wildman–Crippen MR) is 69.5 cm³/mol. The fourth-order valence-corrected chi connectivity index (χ4v) is 2.68. The number of aromatic nitrogens is 1. The topological polar surface area (TPSA) is 53.1 Å². The van der Waals surface area contributed by atoms with E-state index in [1.165, 1.54) is 0 Å². The Labute approximate surface area is 101 Å². The molecule has 3 aromatic rings. The van der Waals surface area contributed by atoms with Gasteiger partial charge in [0.1, 0.15) is 5.75 Å². The lowest BCUT2D eigenvalue weighted by Crippen LogP contribution is -2.05. The molecule has 3 nitrogen and oxygen atoms in total. The molecule has 0 atom stereocenters. The maximum Gasteiger partial charge on any atom is 0.255 e. The molecule has 1 aromatic carbocycles. The lowest BCUT2D eigenvalue weighted by molar-refractivity contribution is 0.481.